The fourth-order valence-corrected chi connectivity index (χ4v) is 10.8. The molecular weight excluding hydrogens is 474 g/mol. The van der Waals surface area contributed by atoms with Crippen LogP contribution in [0.5, 0.6) is 0 Å². The van der Waals surface area contributed by atoms with Crippen molar-refractivity contribution < 1.29 is 4.79 Å². The highest BCUT2D eigenvalue weighted by Crippen LogP contribution is 2.68. The van der Waals surface area contributed by atoms with Crippen LogP contribution in [0.3, 0.4) is 0 Å². The van der Waals surface area contributed by atoms with E-state index in [0.717, 1.165) is 54.8 Å². The van der Waals surface area contributed by atoms with E-state index in [1.165, 1.54) is 76.2 Å². The Hall–Kier alpha value is -1.31. The number of carbonyl (C=O) groups excluding carboxylic acids is 1. The predicted molar refractivity (Wildman–Crippen MR) is 164 cm³/mol. The van der Waals surface area contributed by atoms with Crippen LogP contribution in [-0.2, 0) is 11.2 Å². The second-order valence-electron chi connectivity index (χ2n) is 15.6. The van der Waals surface area contributed by atoms with Crippen molar-refractivity contribution in [2.75, 3.05) is 7.05 Å². The fraction of sp³-hybridized carbons (Fsp3) is 0.811. The van der Waals surface area contributed by atoms with Crippen LogP contribution in [0.1, 0.15) is 124 Å². The molecule has 2 nitrogen and oxygen atoms in total. The van der Waals surface area contributed by atoms with Crippen LogP contribution in [0.4, 0.5) is 0 Å². The summed E-state index contributed by atoms with van der Waals surface area (Å²) in [4.78, 5) is 15.7. The van der Waals surface area contributed by atoms with Gasteiger partial charge in [-0.15, -0.1) is 0 Å². The Balaban J connectivity index is 1.28. The summed E-state index contributed by atoms with van der Waals surface area (Å²) in [5.41, 5.74) is 2.30. The zero-order valence-electron chi connectivity index (χ0n) is 26.3. The summed E-state index contributed by atoms with van der Waals surface area (Å²) in [6.45, 7) is 12.7. The molecule has 0 spiro atoms. The lowest BCUT2D eigenvalue weighted by atomic mass is 9.45. The van der Waals surface area contributed by atoms with Crippen LogP contribution in [-0.4, -0.2) is 23.9 Å². The van der Waals surface area contributed by atoms with Crippen LogP contribution >= 0.6 is 0 Å². The molecule has 0 N–H and O–H groups in total. The second kappa shape index (κ2) is 11.9. The third-order valence-corrected chi connectivity index (χ3v) is 13.3. The first-order chi connectivity index (χ1) is 18.6. The summed E-state index contributed by atoms with van der Waals surface area (Å²) >= 11 is 0. The number of benzene rings is 1. The highest BCUT2D eigenvalue weighted by molar-refractivity contribution is 5.76. The van der Waals surface area contributed by atoms with Gasteiger partial charge in [-0.1, -0.05) is 84.2 Å². The Bertz CT molecular complexity index is 955. The molecule has 218 valence electrons. The Kier molecular flexibility index (Phi) is 8.90. The van der Waals surface area contributed by atoms with E-state index >= 15 is 0 Å². The van der Waals surface area contributed by atoms with Crippen LogP contribution in [0, 0.1) is 52.3 Å². The van der Waals surface area contributed by atoms with Gasteiger partial charge in [0.05, 0.1) is 0 Å². The lowest BCUT2D eigenvalue weighted by Crippen LogP contribution is -2.54. The molecule has 2 heteroatoms. The number of rotatable bonds is 8. The zero-order chi connectivity index (χ0) is 27.8. The number of amides is 1. The van der Waals surface area contributed by atoms with E-state index in [1.54, 1.807) is 0 Å². The first-order valence-electron chi connectivity index (χ1n) is 16.9. The summed E-state index contributed by atoms with van der Waals surface area (Å²) in [5, 5.41) is 0. The molecular formula is C37H59NO. The van der Waals surface area contributed by atoms with Gasteiger partial charge in [-0.2, -0.15) is 0 Å². The van der Waals surface area contributed by atoms with Gasteiger partial charge in [-0.05, 0) is 122 Å². The Morgan fingerprint density at radius 3 is 2.33 bits per heavy atom. The molecule has 3 saturated carbocycles. The molecule has 0 aromatic heterocycles. The van der Waals surface area contributed by atoms with E-state index in [2.05, 4.69) is 76.9 Å². The summed E-state index contributed by atoms with van der Waals surface area (Å²) in [7, 11) is 2.10. The van der Waals surface area contributed by atoms with Crippen molar-refractivity contribution in [1.82, 2.24) is 4.90 Å². The molecule has 4 fully saturated rings. The molecule has 1 unspecified atom stereocenters. The maximum Gasteiger partial charge on any atom is 0.222 e. The maximum atomic E-state index is 13.6. The van der Waals surface area contributed by atoms with Gasteiger partial charge >= 0.3 is 0 Å². The van der Waals surface area contributed by atoms with Gasteiger partial charge in [-0.3, -0.25) is 4.79 Å². The van der Waals surface area contributed by atoms with E-state index < -0.39 is 0 Å². The van der Waals surface area contributed by atoms with Gasteiger partial charge in [0.2, 0.25) is 5.91 Å². The molecule has 1 amide bonds. The number of aryl methyl sites for hydroxylation is 1. The van der Waals surface area contributed by atoms with E-state index in [0.29, 0.717) is 28.7 Å². The van der Waals surface area contributed by atoms with Gasteiger partial charge in [-0.25, -0.2) is 0 Å². The van der Waals surface area contributed by atoms with E-state index in [1.807, 2.05) is 0 Å². The molecule has 3 aliphatic carbocycles. The normalized spacial score (nSPS) is 39.5. The van der Waals surface area contributed by atoms with Crippen molar-refractivity contribution >= 4 is 5.91 Å². The summed E-state index contributed by atoms with van der Waals surface area (Å²) in [5.74, 6) is 6.29. The standard InChI is InChI=1S/C37H59NO/c1-26(2)11-10-12-27(3)32-19-20-33-31-18-16-29-25-35(39)38(6)30(17-15-28-13-8-7-9-14-28)21-23-36(29,4)34(31)22-24-37(32,33)5/h7-9,13-14,26-27,29-34H,10-12,15-25H2,1-6H3/t27-,29+,30?,31+,32-,33+,34+,36+,37-/m1/s1. The summed E-state index contributed by atoms with van der Waals surface area (Å²) < 4.78 is 0. The van der Waals surface area contributed by atoms with Crippen molar-refractivity contribution in [2.24, 2.45) is 52.3 Å². The summed E-state index contributed by atoms with van der Waals surface area (Å²) in [6.07, 6.45) is 18.1. The van der Waals surface area contributed by atoms with Crippen molar-refractivity contribution in [3.05, 3.63) is 35.9 Å². The molecule has 39 heavy (non-hydrogen) atoms. The largest absolute Gasteiger partial charge is 0.343 e. The first kappa shape index (κ1) is 29.2. The molecule has 1 aromatic rings. The molecule has 5 rings (SSSR count). The molecule has 1 heterocycles. The van der Waals surface area contributed by atoms with Crippen molar-refractivity contribution in [2.45, 2.75) is 131 Å². The topological polar surface area (TPSA) is 20.3 Å². The molecule has 1 aliphatic heterocycles. The molecule has 1 aromatic carbocycles. The SMILES string of the molecule is CC(C)CCC[C@@H](C)[C@H]1CC[C@H]2[C@@H]3CC[C@H]4CC(=O)N(C)C(CCc5ccccc5)CC[C@]4(C)[C@H]3CC[C@]12C. The van der Waals surface area contributed by atoms with E-state index in [-0.39, 0.29) is 0 Å². The van der Waals surface area contributed by atoms with Crippen LogP contribution in [0.2, 0.25) is 0 Å². The smallest absolute Gasteiger partial charge is 0.222 e. The van der Waals surface area contributed by atoms with Crippen LogP contribution in [0.15, 0.2) is 30.3 Å². The number of fused-ring (bicyclic) bond motifs is 5. The van der Waals surface area contributed by atoms with Gasteiger partial charge in [0.25, 0.3) is 0 Å². The molecule has 4 aliphatic rings. The minimum Gasteiger partial charge on any atom is -0.343 e. The minimum absolute atomic E-state index is 0.340. The van der Waals surface area contributed by atoms with Crippen LogP contribution in [0.25, 0.3) is 0 Å². The van der Waals surface area contributed by atoms with Crippen molar-refractivity contribution in [3.8, 4) is 0 Å². The summed E-state index contributed by atoms with van der Waals surface area (Å²) in [6, 6.07) is 11.3. The highest BCUT2D eigenvalue weighted by atomic mass is 16.2. The van der Waals surface area contributed by atoms with E-state index in [4.69, 9.17) is 0 Å². The lowest BCUT2D eigenvalue weighted by molar-refractivity contribution is -0.146. The maximum absolute atomic E-state index is 13.6. The Morgan fingerprint density at radius 2 is 1.59 bits per heavy atom. The van der Waals surface area contributed by atoms with Crippen LogP contribution < -0.4 is 0 Å². The third-order valence-electron chi connectivity index (χ3n) is 13.3. The monoisotopic (exact) mass is 533 g/mol. The number of likely N-dealkylation sites (tertiary alicyclic amines) is 1. The molecule has 0 radical (unpaired) electrons. The average Bonchev–Trinajstić information content (AvgIpc) is 3.27. The van der Waals surface area contributed by atoms with E-state index in [9.17, 15) is 4.79 Å². The number of nitrogens with zero attached hydrogens (tertiary/aromatic N) is 1. The number of carbonyl (C=O) groups is 1. The van der Waals surface area contributed by atoms with Crippen molar-refractivity contribution in [1.29, 1.82) is 0 Å². The minimum atomic E-state index is 0.340. The second-order valence-corrected chi connectivity index (χ2v) is 15.6. The Labute approximate surface area is 241 Å². The van der Waals surface area contributed by atoms with Gasteiger partial charge in [0, 0.05) is 19.5 Å². The quantitative estimate of drug-likeness (QED) is 0.326. The predicted octanol–water partition coefficient (Wildman–Crippen LogP) is 9.57. The highest BCUT2D eigenvalue weighted by Gasteiger charge is 2.60. The van der Waals surface area contributed by atoms with Gasteiger partial charge < -0.3 is 4.90 Å². The Morgan fingerprint density at radius 1 is 0.872 bits per heavy atom. The number of hydrogen-bond acceptors (Lipinski definition) is 1. The number of hydrogen-bond donors (Lipinski definition) is 0. The van der Waals surface area contributed by atoms with Gasteiger partial charge in [0.15, 0.2) is 0 Å². The van der Waals surface area contributed by atoms with Gasteiger partial charge in [0.1, 0.15) is 0 Å². The zero-order valence-corrected chi connectivity index (χ0v) is 26.3. The lowest BCUT2D eigenvalue weighted by Gasteiger charge is -2.60. The third kappa shape index (κ3) is 5.74. The molecule has 9 atom stereocenters. The molecule has 0 bridgehead atoms. The molecule has 1 saturated heterocycles. The van der Waals surface area contributed by atoms with Crippen molar-refractivity contribution in [3.63, 3.8) is 0 Å². The average molecular weight is 534 g/mol. The fourth-order valence-electron chi connectivity index (χ4n) is 10.8. The first-order valence-corrected chi connectivity index (χ1v) is 16.9.